The fourth-order valence-electron chi connectivity index (χ4n) is 2.39. The zero-order valence-corrected chi connectivity index (χ0v) is 17.0. The van der Waals surface area contributed by atoms with Gasteiger partial charge in [0.05, 0.1) is 18.6 Å². The average Bonchev–Trinajstić information content (AvgIpc) is 2.67. The van der Waals surface area contributed by atoms with Crippen LogP contribution >= 0.6 is 0 Å². The molecule has 0 saturated carbocycles. The number of hydrogen-bond donors (Lipinski definition) is 1. The summed E-state index contributed by atoms with van der Waals surface area (Å²) in [6.45, 7) is -0.159. The summed E-state index contributed by atoms with van der Waals surface area (Å²) in [5.41, 5.74) is 0.845. The molecule has 0 fully saturated rings. The first kappa shape index (κ1) is 21.4. The highest BCUT2D eigenvalue weighted by Gasteiger charge is 2.19. The van der Waals surface area contributed by atoms with Crippen LogP contribution in [-0.4, -0.2) is 64.2 Å². The minimum Gasteiger partial charge on any atom is -0.497 e. The third-order valence-corrected chi connectivity index (χ3v) is 5.79. The Bertz CT molecular complexity index is 956. The van der Waals surface area contributed by atoms with Gasteiger partial charge in [0.1, 0.15) is 5.75 Å². The Hall–Kier alpha value is -2.91. The van der Waals surface area contributed by atoms with Crippen molar-refractivity contribution < 1.29 is 22.7 Å². The van der Waals surface area contributed by atoms with Gasteiger partial charge >= 0.3 is 0 Å². The SMILES string of the molecule is COc1cccc(NC(=O)CN(C)C(=O)c2ccc(S(=O)(=O)N(C)C)cc2)c1. The van der Waals surface area contributed by atoms with E-state index in [0.29, 0.717) is 11.4 Å². The zero-order valence-electron chi connectivity index (χ0n) is 16.2. The number of carbonyl (C=O) groups excluding carboxylic acids is 2. The van der Waals surface area contributed by atoms with E-state index in [1.807, 2.05) is 0 Å². The minimum atomic E-state index is -3.56. The first-order valence-electron chi connectivity index (χ1n) is 8.37. The predicted octanol–water partition coefficient (Wildman–Crippen LogP) is 1.66. The maximum Gasteiger partial charge on any atom is 0.254 e. The number of carbonyl (C=O) groups is 2. The standard InChI is InChI=1S/C19H23N3O5S/c1-21(2)28(25,26)17-10-8-14(9-11-17)19(24)22(3)13-18(23)20-15-6-5-7-16(12-15)27-4/h5-12H,13H2,1-4H3,(H,20,23). The second-order valence-corrected chi connectivity index (χ2v) is 8.40. The normalized spacial score (nSPS) is 11.2. The van der Waals surface area contributed by atoms with Gasteiger partial charge in [-0.1, -0.05) is 6.07 Å². The van der Waals surface area contributed by atoms with Crippen LogP contribution in [0.25, 0.3) is 0 Å². The van der Waals surface area contributed by atoms with Crippen molar-refractivity contribution in [3.8, 4) is 5.75 Å². The van der Waals surface area contributed by atoms with Crippen molar-refractivity contribution in [2.75, 3.05) is 40.1 Å². The second kappa shape index (κ2) is 8.85. The number of benzene rings is 2. The van der Waals surface area contributed by atoms with E-state index in [4.69, 9.17) is 4.74 Å². The second-order valence-electron chi connectivity index (χ2n) is 6.25. The molecule has 0 aliphatic carbocycles. The summed E-state index contributed by atoms with van der Waals surface area (Å²) in [5.74, 6) is -0.152. The van der Waals surface area contributed by atoms with Gasteiger partial charge in [-0.3, -0.25) is 9.59 Å². The van der Waals surface area contributed by atoms with Crippen LogP contribution in [0.4, 0.5) is 5.69 Å². The Morgan fingerprint density at radius 3 is 2.25 bits per heavy atom. The molecule has 2 amide bonds. The molecule has 0 atom stereocenters. The molecule has 0 bridgehead atoms. The summed E-state index contributed by atoms with van der Waals surface area (Å²) in [5, 5.41) is 2.70. The molecule has 0 aliphatic rings. The highest BCUT2D eigenvalue weighted by molar-refractivity contribution is 7.89. The Morgan fingerprint density at radius 2 is 1.68 bits per heavy atom. The lowest BCUT2D eigenvalue weighted by Crippen LogP contribution is -2.35. The van der Waals surface area contributed by atoms with E-state index in [1.54, 1.807) is 24.3 Å². The molecule has 150 valence electrons. The number of sulfonamides is 1. The molecule has 0 radical (unpaired) electrons. The molecule has 0 saturated heterocycles. The number of nitrogens with zero attached hydrogens (tertiary/aromatic N) is 2. The molecule has 0 unspecified atom stereocenters. The summed E-state index contributed by atoms with van der Waals surface area (Å²) in [6.07, 6.45) is 0. The summed E-state index contributed by atoms with van der Waals surface area (Å²) >= 11 is 0. The Kier molecular flexibility index (Phi) is 6.76. The van der Waals surface area contributed by atoms with Crippen LogP contribution in [0.2, 0.25) is 0 Å². The molecule has 0 spiro atoms. The van der Waals surface area contributed by atoms with Crippen LogP contribution in [-0.2, 0) is 14.8 Å². The van der Waals surface area contributed by atoms with Gasteiger partial charge < -0.3 is 15.0 Å². The number of hydrogen-bond acceptors (Lipinski definition) is 5. The highest BCUT2D eigenvalue weighted by atomic mass is 32.2. The lowest BCUT2D eigenvalue weighted by Gasteiger charge is -2.17. The molecule has 2 rings (SSSR count). The van der Waals surface area contributed by atoms with Crippen LogP contribution in [0.3, 0.4) is 0 Å². The molecule has 1 N–H and O–H groups in total. The minimum absolute atomic E-state index is 0.0903. The molecular weight excluding hydrogens is 382 g/mol. The largest absolute Gasteiger partial charge is 0.497 e. The molecule has 0 aromatic heterocycles. The average molecular weight is 405 g/mol. The monoisotopic (exact) mass is 405 g/mol. The van der Waals surface area contributed by atoms with Crippen molar-refractivity contribution in [2.45, 2.75) is 4.90 Å². The summed E-state index contributed by atoms with van der Waals surface area (Å²) in [7, 11) is 2.33. The molecule has 0 heterocycles. The fraction of sp³-hybridized carbons (Fsp3) is 0.263. The molecular formula is C19H23N3O5S. The zero-order chi connectivity index (χ0) is 20.9. The first-order valence-corrected chi connectivity index (χ1v) is 9.81. The summed E-state index contributed by atoms with van der Waals surface area (Å²) in [6, 6.07) is 12.5. The summed E-state index contributed by atoms with van der Waals surface area (Å²) in [4.78, 5) is 26.0. The molecule has 2 aromatic carbocycles. The molecule has 28 heavy (non-hydrogen) atoms. The van der Waals surface area contributed by atoms with Crippen molar-refractivity contribution in [3.63, 3.8) is 0 Å². The van der Waals surface area contributed by atoms with E-state index < -0.39 is 15.9 Å². The smallest absolute Gasteiger partial charge is 0.254 e. The van der Waals surface area contributed by atoms with Crippen LogP contribution in [0.1, 0.15) is 10.4 Å². The Morgan fingerprint density at radius 1 is 1.04 bits per heavy atom. The van der Waals surface area contributed by atoms with Crippen molar-refractivity contribution >= 4 is 27.5 Å². The lowest BCUT2D eigenvalue weighted by molar-refractivity contribution is -0.116. The molecule has 0 aliphatic heterocycles. The Balaban J connectivity index is 2.02. The van der Waals surface area contributed by atoms with E-state index in [-0.39, 0.29) is 22.9 Å². The van der Waals surface area contributed by atoms with Gasteiger partial charge in [0.15, 0.2) is 0 Å². The maximum absolute atomic E-state index is 12.5. The molecule has 9 heteroatoms. The third kappa shape index (κ3) is 5.08. The predicted molar refractivity (Wildman–Crippen MR) is 106 cm³/mol. The van der Waals surface area contributed by atoms with Crippen molar-refractivity contribution in [3.05, 3.63) is 54.1 Å². The van der Waals surface area contributed by atoms with Gasteiger partial charge in [0.2, 0.25) is 15.9 Å². The Labute approximate surface area is 164 Å². The van der Waals surface area contributed by atoms with Gasteiger partial charge in [0, 0.05) is 38.5 Å². The maximum atomic E-state index is 12.5. The number of methoxy groups -OCH3 is 1. The van der Waals surface area contributed by atoms with Crippen molar-refractivity contribution in [2.24, 2.45) is 0 Å². The van der Waals surface area contributed by atoms with E-state index >= 15 is 0 Å². The van der Waals surface area contributed by atoms with E-state index in [9.17, 15) is 18.0 Å². The van der Waals surface area contributed by atoms with Crippen molar-refractivity contribution in [1.82, 2.24) is 9.21 Å². The molecule has 2 aromatic rings. The number of nitrogens with one attached hydrogen (secondary N) is 1. The number of likely N-dealkylation sites (N-methyl/N-ethyl adjacent to an activating group) is 1. The van der Waals surface area contributed by atoms with Gasteiger partial charge in [0.25, 0.3) is 5.91 Å². The van der Waals surface area contributed by atoms with Crippen LogP contribution in [0.15, 0.2) is 53.4 Å². The van der Waals surface area contributed by atoms with Gasteiger partial charge in [-0.05, 0) is 36.4 Å². The lowest BCUT2D eigenvalue weighted by atomic mass is 10.2. The van der Waals surface area contributed by atoms with Gasteiger partial charge in [-0.2, -0.15) is 0 Å². The van der Waals surface area contributed by atoms with Crippen molar-refractivity contribution in [1.29, 1.82) is 0 Å². The number of amides is 2. The third-order valence-electron chi connectivity index (χ3n) is 3.96. The quantitative estimate of drug-likeness (QED) is 0.756. The number of ether oxygens (including phenoxy) is 1. The van der Waals surface area contributed by atoms with Gasteiger partial charge in [-0.25, -0.2) is 12.7 Å². The van der Waals surface area contributed by atoms with E-state index in [1.165, 1.54) is 57.4 Å². The number of rotatable bonds is 7. The summed E-state index contributed by atoms with van der Waals surface area (Å²) < 4.78 is 30.4. The fourth-order valence-corrected chi connectivity index (χ4v) is 3.29. The van der Waals surface area contributed by atoms with Crippen LogP contribution in [0, 0.1) is 0 Å². The van der Waals surface area contributed by atoms with E-state index in [2.05, 4.69) is 5.32 Å². The van der Waals surface area contributed by atoms with Crippen LogP contribution < -0.4 is 10.1 Å². The van der Waals surface area contributed by atoms with Crippen LogP contribution in [0.5, 0.6) is 5.75 Å². The highest BCUT2D eigenvalue weighted by Crippen LogP contribution is 2.17. The molecule has 8 nitrogen and oxygen atoms in total. The van der Waals surface area contributed by atoms with Gasteiger partial charge in [-0.15, -0.1) is 0 Å². The first-order chi connectivity index (χ1) is 13.1. The topological polar surface area (TPSA) is 96.0 Å². The van der Waals surface area contributed by atoms with E-state index in [0.717, 1.165) is 4.31 Å². The number of anilines is 1.